The number of carbonyl (C=O) groups excluding carboxylic acids is 1. The van der Waals surface area contributed by atoms with Crippen molar-refractivity contribution in [3.05, 3.63) is 6.33 Å². The van der Waals surface area contributed by atoms with E-state index >= 15 is 0 Å². The Labute approximate surface area is 96.6 Å². The maximum absolute atomic E-state index is 11.2. The number of hydrogen-bond donors (Lipinski definition) is 3. The van der Waals surface area contributed by atoms with E-state index in [2.05, 4.69) is 25.3 Å². The number of H-pyrrole nitrogens is 1. The number of nitrogens with two attached hydrogens (primary N) is 1. The van der Waals surface area contributed by atoms with Crippen LogP contribution in [0.1, 0.15) is 6.92 Å². The smallest absolute Gasteiger partial charge is 0.325 e. The standard InChI is InChI=1S/C9H12N6O2/c1-2-17-5(16)3-11-7-6-8(13-4-12-6)15-9(10)14-7/h4H,2-3H2,1H3,(H4,10,11,12,13,14,15). The topological polar surface area (TPSA) is 119 Å². The first-order chi connectivity index (χ1) is 8.20. The number of nitrogen functional groups attached to an aromatic ring is 1. The maximum Gasteiger partial charge on any atom is 0.325 e. The number of aromatic amines is 1. The largest absolute Gasteiger partial charge is 0.465 e. The van der Waals surface area contributed by atoms with Gasteiger partial charge < -0.3 is 20.8 Å². The Morgan fingerprint density at radius 1 is 1.59 bits per heavy atom. The second-order valence-electron chi connectivity index (χ2n) is 3.19. The Bertz CT molecular complexity index is 537. The highest BCUT2D eigenvalue weighted by atomic mass is 16.5. The number of nitrogens with zero attached hydrogens (tertiary/aromatic N) is 3. The number of aromatic nitrogens is 4. The number of anilines is 2. The van der Waals surface area contributed by atoms with Crippen molar-refractivity contribution in [2.24, 2.45) is 0 Å². The van der Waals surface area contributed by atoms with Gasteiger partial charge in [-0.2, -0.15) is 9.97 Å². The van der Waals surface area contributed by atoms with E-state index in [-0.39, 0.29) is 18.5 Å². The summed E-state index contributed by atoms with van der Waals surface area (Å²) in [4.78, 5) is 25.9. The van der Waals surface area contributed by atoms with Gasteiger partial charge in [-0.25, -0.2) is 4.98 Å². The van der Waals surface area contributed by atoms with Crippen molar-refractivity contribution >= 4 is 28.9 Å². The third-order valence-corrected chi connectivity index (χ3v) is 2.01. The molecular weight excluding hydrogens is 224 g/mol. The van der Waals surface area contributed by atoms with Crippen LogP contribution in [0.3, 0.4) is 0 Å². The van der Waals surface area contributed by atoms with Crippen LogP contribution in [0, 0.1) is 0 Å². The Morgan fingerprint density at radius 3 is 3.18 bits per heavy atom. The molecule has 0 aliphatic carbocycles. The highest BCUT2D eigenvalue weighted by Crippen LogP contribution is 2.16. The van der Waals surface area contributed by atoms with Gasteiger partial charge in [0.2, 0.25) is 5.95 Å². The summed E-state index contributed by atoms with van der Waals surface area (Å²) in [6.07, 6.45) is 1.48. The van der Waals surface area contributed by atoms with E-state index in [0.717, 1.165) is 0 Å². The van der Waals surface area contributed by atoms with Gasteiger partial charge in [-0.1, -0.05) is 0 Å². The highest BCUT2D eigenvalue weighted by molar-refractivity contribution is 5.85. The Morgan fingerprint density at radius 2 is 2.41 bits per heavy atom. The van der Waals surface area contributed by atoms with Gasteiger partial charge >= 0.3 is 5.97 Å². The number of ether oxygens (including phenoxy) is 1. The van der Waals surface area contributed by atoms with Crippen molar-refractivity contribution in [2.75, 3.05) is 24.2 Å². The van der Waals surface area contributed by atoms with E-state index in [1.165, 1.54) is 6.33 Å². The van der Waals surface area contributed by atoms with Crippen molar-refractivity contribution in [1.29, 1.82) is 0 Å². The highest BCUT2D eigenvalue weighted by Gasteiger charge is 2.09. The average Bonchev–Trinajstić information content (AvgIpc) is 2.74. The van der Waals surface area contributed by atoms with Crippen LogP contribution in [0.15, 0.2) is 6.33 Å². The lowest BCUT2D eigenvalue weighted by Gasteiger charge is -2.06. The lowest BCUT2D eigenvalue weighted by Crippen LogP contribution is -2.18. The number of fused-ring (bicyclic) bond motifs is 1. The zero-order valence-corrected chi connectivity index (χ0v) is 9.23. The third-order valence-electron chi connectivity index (χ3n) is 2.01. The van der Waals surface area contributed by atoms with Crippen LogP contribution in [-0.2, 0) is 9.53 Å². The van der Waals surface area contributed by atoms with Crippen LogP contribution in [0.2, 0.25) is 0 Å². The summed E-state index contributed by atoms with van der Waals surface area (Å²) in [6, 6.07) is 0. The molecular formula is C9H12N6O2. The molecule has 8 heteroatoms. The molecule has 4 N–H and O–H groups in total. The number of carbonyl (C=O) groups is 1. The molecule has 2 rings (SSSR count). The average molecular weight is 236 g/mol. The van der Waals surface area contributed by atoms with Crippen molar-refractivity contribution in [2.45, 2.75) is 6.92 Å². The molecule has 0 atom stereocenters. The lowest BCUT2D eigenvalue weighted by molar-refractivity contribution is -0.140. The van der Waals surface area contributed by atoms with Crippen LogP contribution in [0.25, 0.3) is 11.2 Å². The van der Waals surface area contributed by atoms with Crippen LogP contribution in [-0.4, -0.2) is 39.1 Å². The molecule has 0 aliphatic heterocycles. The van der Waals surface area contributed by atoms with Gasteiger partial charge in [0, 0.05) is 0 Å². The van der Waals surface area contributed by atoms with E-state index in [4.69, 9.17) is 10.5 Å². The summed E-state index contributed by atoms with van der Waals surface area (Å²) in [5.41, 5.74) is 6.57. The molecule has 0 aliphatic rings. The van der Waals surface area contributed by atoms with Crippen molar-refractivity contribution in [3.8, 4) is 0 Å². The molecule has 17 heavy (non-hydrogen) atoms. The predicted molar refractivity (Wildman–Crippen MR) is 61.2 cm³/mol. The number of rotatable bonds is 4. The van der Waals surface area contributed by atoms with Crippen LogP contribution in [0.4, 0.5) is 11.8 Å². The maximum atomic E-state index is 11.2. The van der Waals surface area contributed by atoms with E-state index < -0.39 is 0 Å². The monoisotopic (exact) mass is 236 g/mol. The third kappa shape index (κ3) is 2.41. The summed E-state index contributed by atoms with van der Waals surface area (Å²) < 4.78 is 4.79. The zero-order chi connectivity index (χ0) is 12.3. The minimum atomic E-state index is -0.364. The minimum Gasteiger partial charge on any atom is -0.465 e. The fourth-order valence-corrected chi connectivity index (χ4v) is 1.35. The van der Waals surface area contributed by atoms with Crippen molar-refractivity contribution in [1.82, 2.24) is 19.9 Å². The first kappa shape index (κ1) is 11.1. The van der Waals surface area contributed by atoms with Crippen LogP contribution in [0.5, 0.6) is 0 Å². The summed E-state index contributed by atoms with van der Waals surface area (Å²) in [6.45, 7) is 2.10. The van der Waals surface area contributed by atoms with Gasteiger partial charge in [0.1, 0.15) is 12.1 Å². The number of nitrogens with one attached hydrogen (secondary N) is 2. The fraction of sp³-hybridized carbons (Fsp3) is 0.333. The molecule has 2 aromatic rings. The van der Waals surface area contributed by atoms with Crippen LogP contribution >= 0.6 is 0 Å². The van der Waals surface area contributed by atoms with Gasteiger partial charge in [-0.15, -0.1) is 0 Å². The lowest BCUT2D eigenvalue weighted by atomic mass is 10.4. The van der Waals surface area contributed by atoms with Gasteiger partial charge in [-0.3, -0.25) is 4.79 Å². The first-order valence-electron chi connectivity index (χ1n) is 5.06. The Balaban J connectivity index is 2.17. The van der Waals surface area contributed by atoms with Gasteiger partial charge in [0.15, 0.2) is 11.5 Å². The SMILES string of the molecule is CCOC(=O)CNc1nc(N)nc2nc[nH]c12. The summed E-state index contributed by atoms with van der Waals surface area (Å²) in [5, 5.41) is 2.82. The second kappa shape index (κ2) is 4.64. The normalized spacial score (nSPS) is 10.4. The van der Waals surface area contributed by atoms with E-state index in [1.54, 1.807) is 6.92 Å². The molecule has 2 heterocycles. The minimum absolute atomic E-state index is 0.0123. The molecule has 8 nitrogen and oxygen atoms in total. The van der Waals surface area contributed by atoms with E-state index in [1.807, 2.05) is 0 Å². The van der Waals surface area contributed by atoms with E-state index in [9.17, 15) is 4.79 Å². The van der Waals surface area contributed by atoms with Crippen molar-refractivity contribution < 1.29 is 9.53 Å². The molecule has 0 spiro atoms. The number of imidazole rings is 1. The van der Waals surface area contributed by atoms with Gasteiger partial charge in [0.05, 0.1) is 12.9 Å². The molecule has 0 aromatic carbocycles. The molecule has 2 aromatic heterocycles. The van der Waals surface area contributed by atoms with Crippen molar-refractivity contribution in [3.63, 3.8) is 0 Å². The molecule has 0 fully saturated rings. The van der Waals surface area contributed by atoms with Crippen LogP contribution < -0.4 is 11.1 Å². The first-order valence-corrected chi connectivity index (χ1v) is 5.06. The zero-order valence-electron chi connectivity index (χ0n) is 9.23. The number of esters is 1. The molecule has 0 radical (unpaired) electrons. The molecule has 0 saturated heterocycles. The predicted octanol–water partition coefficient (Wildman–Crippen LogP) is -0.0899. The Hall–Kier alpha value is -2.38. The number of hydrogen-bond acceptors (Lipinski definition) is 7. The summed E-state index contributed by atoms with van der Waals surface area (Å²) >= 11 is 0. The quantitative estimate of drug-likeness (QED) is 0.634. The van der Waals surface area contributed by atoms with Gasteiger partial charge in [-0.05, 0) is 6.92 Å². The summed E-state index contributed by atoms with van der Waals surface area (Å²) in [7, 11) is 0. The molecule has 0 bridgehead atoms. The van der Waals surface area contributed by atoms with E-state index in [0.29, 0.717) is 23.6 Å². The molecule has 90 valence electrons. The molecule has 0 saturated carbocycles. The fourth-order valence-electron chi connectivity index (χ4n) is 1.35. The summed E-state index contributed by atoms with van der Waals surface area (Å²) in [5.74, 6) is 0.159. The molecule has 0 unspecified atom stereocenters. The Kier molecular flexibility index (Phi) is 3.03. The molecule has 0 amide bonds. The second-order valence-corrected chi connectivity index (χ2v) is 3.19. The van der Waals surface area contributed by atoms with Gasteiger partial charge in [0.25, 0.3) is 0 Å².